The van der Waals surface area contributed by atoms with Crippen LogP contribution >= 0.6 is 11.9 Å². The molecule has 19 heavy (non-hydrogen) atoms. The number of morpholine rings is 1. The topological polar surface area (TPSA) is 46.6 Å². The number of benzene rings is 1. The zero-order chi connectivity index (χ0) is 14.0. The summed E-state index contributed by atoms with van der Waals surface area (Å²) in [6.07, 6.45) is 0. The molecular weight excluding hydrogens is 262 g/mol. The minimum Gasteiger partial charge on any atom is -0.362 e. The smallest absolute Gasteiger partial charge is 0.265 e. The third kappa shape index (κ3) is 3.36. The lowest BCUT2D eigenvalue weighted by atomic mass is 9.87. The van der Waals surface area contributed by atoms with Crippen LogP contribution in [-0.4, -0.2) is 29.3 Å². The van der Waals surface area contributed by atoms with Crippen LogP contribution in [0.15, 0.2) is 29.2 Å². The number of nitrogens with zero attached hydrogens (tertiary/aromatic N) is 1. The molecule has 0 aromatic heterocycles. The number of amides is 2. The molecule has 102 valence electrons. The minimum absolute atomic E-state index is 0.0301. The van der Waals surface area contributed by atoms with Crippen molar-refractivity contribution in [2.75, 3.05) is 13.2 Å². The Morgan fingerprint density at radius 2 is 1.79 bits per heavy atom. The lowest BCUT2D eigenvalue weighted by Gasteiger charge is -2.24. The van der Waals surface area contributed by atoms with Crippen molar-refractivity contribution in [2.24, 2.45) is 0 Å². The normalized spacial score (nSPS) is 16.9. The van der Waals surface area contributed by atoms with Crippen molar-refractivity contribution in [1.82, 2.24) is 4.31 Å². The summed E-state index contributed by atoms with van der Waals surface area (Å²) in [5.74, 6) is -0.607. The molecule has 4 nitrogen and oxygen atoms in total. The van der Waals surface area contributed by atoms with E-state index in [4.69, 9.17) is 4.74 Å². The molecule has 1 fully saturated rings. The number of hydrogen-bond acceptors (Lipinski definition) is 4. The van der Waals surface area contributed by atoms with Crippen molar-refractivity contribution in [2.45, 2.75) is 31.1 Å². The first-order valence-electron chi connectivity index (χ1n) is 6.10. The zero-order valence-corrected chi connectivity index (χ0v) is 12.1. The Morgan fingerprint density at radius 1 is 1.16 bits per heavy atom. The van der Waals surface area contributed by atoms with Gasteiger partial charge in [0.1, 0.15) is 13.2 Å². The minimum atomic E-state index is -0.303. The van der Waals surface area contributed by atoms with Crippen molar-refractivity contribution in [3.63, 3.8) is 0 Å². The summed E-state index contributed by atoms with van der Waals surface area (Å²) in [5, 5.41) is 0. The third-order valence-electron chi connectivity index (χ3n) is 2.80. The lowest BCUT2D eigenvalue weighted by Crippen LogP contribution is -2.41. The second-order valence-corrected chi connectivity index (χ2v) is 6.46. The van der Waals surface area contributed by atoms with Crippen LogP contribution in [0.1, 0.15) is 26.3 Å². The van der Waals surface area contributed by atoms with Gasteiger partial charge in [-0.2, -0.15) is 0 Å². The van der Waals surface area contributed by atoms with Gasteiger partial charge in [-0.25, -0.2) is 4.31 Å². The van der Waals surface area contributed by atoms with Crippen LogP contribution in [-0.2, 0) is 19.7 Å². The number of hydrogen-bond donors (Lipinski definition) is 0. The molecule has 0 atom stereocenters. The molecule has 0 saturated carbocycles. The van der Waals surface area contributed by atoms with E-state index in [0.29, 0.717) is 0 Å². The van der Waals surface area contributed by atoms with E-state index in [-0.39, 0.29) is 30.4 Å². The molecule has 1 saturated heterocycles. The predicted molar refractivity (Wildman–Crippen MR) is 73.7 cm³/mol. The number of rotatable bonds is 2. The van der Waals surface area contributed by atoms with E-state index < -0.39 is 0 Å². The van der Waals surface area contributed by atoms with Crippen LogP contribution in [0.3, 0.4) is 0 Å². The van der Waals surface area contributed by atoms with Gasteiger partial charge in [-0.05, 0) is 35.1 Å². The molecular formula is C14H17NO3S. The fraction of sp³-hybridized carbons (Fsp3) is 0.429. The zero-order valence-electron chi connectivity index (χ0n) is 11.3. The number of imide groups is 1. The maximum atomic E-state index is 11.7. The van der Waals surface area contributed by atoms with Gasteiger partial charge in [0, 0.05) is 4.90 Å². The second kappa shape index (κ2) is 5.35. The van der Waals surface area contributed by atoms with E-state index in [2.05, 4.69) is 20.8 Å². The second-order valence-electron chi connectivity index (χ2n) is 5.44. The first-order chi connectivity index (χ1) is 8.88. The molecule has 0 radical (unpaired) electrons. The van der Waals surface area contributed by atoms with Crippen LogP contribution in [0.4, 0.5) is 0 Å². The molecule has 1 aliphatic heterocycles. The molecule has 1 heterocycles. The van der Waals surface area contributed by atoms with E-state index in [1.165, 1.54) is 21.8 Å². The van der Waals surface area contributed by atoms with Gasteiger partial charge in [0.05, 0.1) is 0 Å². The van der Waals surface area contributed by atoms with Gasteiger partial charge in [-0.1, -0.05) is 32.9 Å². The molecule has 0 spiro atoms. The molecule has 1 aliphatic rings. The summed E-state index contributed by atoms with van der Waals surface area (Å²) in [7, 11) is 0. The average Bonchev–Trinajstić information content (AvgIpc) is 2.33. The van der Waals surface area contributed by atoms with E-state index >= 15 is 0 Å². The molecule has 0 bridgehead atoms. The van der Waals surface area contributed by atoms with Crippen molar-refractivity contribution < 1.29 is 14.3 Å². The SMILES string of the molecule is CC(C)(C)c1cccc(SN2C(=O)COCC2=O)c1. The first kappa shape index (κ1) is 14.1. The summed E-state index contributed by atoms with van der Waals surface area (Å²) < 4.78 is 6.07. The summed E-state index contributed by atoms with van der Waals surface area (Å²) in [6, 6.07) is 7.90. The third-order valence-corrected chi connectivity index (χ3v) is 3.86. The fourth-order valence-electron chi connectivity index (χ4n) is 1.71. The Kier molecular flexibility index (Phi) is 3.96. The highest BCUT2D eigenvalue weighted by atomic mass is 32.2. The van der Waals surface area contributed by atoms with Gasteiger partial charge < -0.3 is 4.74 Å². The molecule has 2 rings (SSSR count). The largest absolute Gasteiger partial charge is 0.362 e. The Hall–Kier alpha value is -1.33. The lowest BCUT2D eigenvalue weighted by molar-refractivity contribution is -0.150. The monoisotopic (exact) mass is 279 g/mol. The van der Waals surface area contributed by atoms with E-state index in [1.54, 1.807) is 0 Å². The van der Waals surface area contributed by atoms with Crippen LogP contribution < -0.4 is 0 Å². The molecule has 2 amide bonds. The van der Waals surface area contributed by atoms with Crippen LogP contribution in [0.25, 0.3) is 0 Å². The summed E-state index contributed by atoms with van der Waals surface area (Å²) in [5.41, 5.74) is 1.21. The Bertz CT molecular complexity index is 492. The van der Waals surface area contributed by atoms with Gasteiger partial charge >= 0.3 is 0 Å². The van der Waals surface area contributed by atoms with Crippen LogP contribution in [0.2, 0.25) is 0 Å². The van der Waals surface area contributed by atoms with Gasteiger partial charge in [0.2, 0.25) is 0 Å². The molecule has 1 aromatic rings. The first-order valence-corrected chi connectivity index (χ1v) is 6.87. The highest BCUT2D eigenvalue weighted by molar-refractivity contribution is 7.98. The van der Waals surface area contributed by atoms with Crippen LogP contribution in [0, 0.1) is 0 Å². The number of ether oxygens (including phenoxy) is 1. The average molecular weight is 279 g/mol. The fourth-order valence-corrected chi connectivity index (χ4v) is 2.55. The van der Waals surface area contributed by atoms with Crippen molar-refractivity contribution >= 4 is 23.8 Å². The molecule has 0 aliphatic carbocycles. The van der Waals surface area contributed by atoms with E-state index in [0.717, 1.165) is 4.90 Å². The highest BCUT2D eigenvalue weighted by Gasteiger charge is 2.28. The Morgan fingerprint density at radius 3 is 2.37 bits per heavy atom. The van der Waals surface area contributed by atoms with Gasteiger partial charge in [-0.3, -0.25) is 9.59 Å². The molecule has 0 unspecified atom stereocenters. The summed E-state index contributed by atoms with van der Waals surface area (Å²) in [4.78, 5) is 24.2. The summed E-state index contributed by atoms with van der Waals surface area (Å²) >= 11 is 1.17. The van der Waals surface area contributed by atoms with E-state index in [9.17, 15) is 9.59 Å². The van der Waals surface area contributed by atoms with Crippen molar-refractivity contribution in [3.05, 3.63) is 29.8 Å². The Labute approximate surface area is 117 Å². The molecule has 5 heteroatoms. The van der Waals surface area contributed by atoms with Gasteiger partial charge in [0.25, 0.3) is 11.8 Å². The van der Waals surface area contributed by atoms with Crippen molar-refractivity contribution in [1.29, 1.82) is 0 Å². The van der Waals surface area contributed by atoms with Crippen LogP contribution in [0.5, 0.6) is 0 Å². The quantitative estimate of drug-likeness (QED) is 0.616. The number of carbonyl (C=O) groups is 2. The predicted octanol–water partition coefficient (Wildman–Crippen LogP) is 2.38. The van der Waals surface area contributed by atoms with Gasteiger partial charge in [-0.15, -0.1) is 0 Å². The maximum Gasteiger partial charge on any atom is 0.265 e. The van der Waals surface area contributed by atoms with Gasteiger partial charge in [0.15, 0.2) is 0 Å². The molecule has 1 aromatic carbocycles. The maximum absolute atomic E-state index is 11.7. The number of carbonyl (C=O) groups excluding carboxylic acids is 2. The Balaban J connectivity index is 2.19. The van der Waals surface area contributed by atoms with E-state index in [1.807, 2.05) is 24.3 Å². The molecule has 0 N–H and O–H groups in total. The summed E-state index contributed by atoms with van der Waals surface area (Å²) in [6.45, 7) is 6.32. The standard InChI is InChI=1S/C14H17NO3S/c1-14(2,3)10-5-4-6-11(7-10)19-15-12(16)8-18-9-13(15)17/h4-7H,8-9H2,1-3H3. The van der Waals surface area contributed by atoms with Crippen molar-refractivity contribution in [3.8, 4) is 0 Å². The highest BCUT2D eigenvalue weighted by Crippen LogP contribution is 2.29.